The molecule has 2 heterocycles. The van der Waals surface area contributed by atoms with E-state index < -0.39 is 0 Å². The number of ether oxygens (including phenoxy) is 1. The van der Waals surface area contributed by atoms with Crippen molar-refractivity contribution < 1.29 is 14.6 Å². The third kappa shape index (κ3) is 2.78. The predicted octanol–water partition coefficient (Wildman–Crippen LogP) is -0.407. The maximum Gasteiger partial charge on any atom is 0.239 e. The highest BCUT2D eigenvalue weighted by atomic mass is 16.5. The van der Waals surface area contributed by atoms with Crippen LogP contribution in [0, 0.1) is 5.92 Å². The molecule has 2 aliphatic heterocycles. The van der Waals surface area contributed by atoms with Crippen LogP contribution in [0.5, 0.6) is 0 Å². The summed E-state index contributed by atoms with van der Waals surface area (Å²) in [5.74, 6) is 0.395. The van der Waals surface area contributed by atoms with Crippen molar-refractivity contribution in [2.24, 2.45) is 5.92 Å². The van der Waals surface area contributed by atoms with E-state index in [1.54, 1.807) is 14.0 Å². The molecular formula is C12H22N2O3. The Morgan fingerprint density at radius 1 is 1.59 bits per heavy atom. The molecule has 5 nitrogen and oxygen atoms in total. The second-order valence-corrected chi connectivity index (χ2v) is 5.13. The Morgan fingerprint density at radius 3 is 2.88 bits per heavy atom. The molecule has 0 aromatic heterocycles. The van der Waals surface area contributed by atoms with Crippen molar-refractivity contribution >= 4 is 5.91 Å². The minimum atomic E-state index is -0.323. The van der Waals surface area contributed by atoms with E-state index in [4.69, 9.17) is 4.74 Å². The number of nitrogens with one attached hydrogen (secondary N) is 1. The summed E-state index contributed by atoms with van der Waals surface area (Å²) in [4.78, 5) is 14.1. The highest BCUT2D eigenvalue weighted by Gasteiger charge is 2.36. The first-order valence-electron chi connectivity index (χ1n) is 6.35. The number of aliphatic hydroxyl groups excluding tert-OH is 1. The first-order valence-corrected chi connectivity index (χ1v) is 6.35. The fourth-order valence-electron chi connectivity index (χ4n) is 2.67. The van der Waals surface area contributed by atoms with Gasteiger partial charge >= 0.3 is 0 Å². The molecule has 2 aliphatic rings. The first kappa shape index (κ1) is 12.8. The zero-order valence-electron chi connectivity index (χ0n) is 10.6. The summed E-state index contributed by atoms with van der Waals surface area (Å²) in [5, 5.41) is 12.7. The molecule has 0 aromatic carbocycles. The van der Waals surface area contributed by atoms with Crippen molar-refractivity contribution in [3.63, 3.8) is 0 Å². The summed E-state index contributed by atoms with van der Waals surface area (Å²) in [7, 11) is 1.68. The molecule has 0 spiro atoms. The van der Waals surface area contributed by atoms with Gasteiger partial charge in [0.1, 0.15) is 0 Å². The maximum atomic E-state index is 12.2. The zero-order valence-corrected chi connectivity index (χ0v) is 10.6. The number of carbonyl (C=O) groups is 1. The number of carbonyl (C=O) groups excluding carboxylic acids is 1. The fourth-order valence-corrected chi connectivity index (χ4v) is 2.67. The molecule has 4 unspecified atom stereocenters. The van der Waals surface area contributed by atoms with Gasteiger partial charge in [-0.3, -0.25) is 4.79 Å². The number of rotatable bonds is 3. The summed E-state index contributed by atoms with van der Waals surface area (Å²) in [6, 6.07) is -0.104. The van der Waals surface area contributed by atoms with Crippen LogP contribution in [-0.2, 0) is 9.53 Å². The van der Waals surface area contributed by atoms with Gasteiger partial charge in [0.15, 0.2) is 0 Å². The number of methoxy groups -OCH3 is 1. The van der Waals surface area contributed by atoms with Crippen molar-refractivity contribution in [2.45, 2.75) is 38.0 Å². The van der Waals surface area contributed by atoms with Gasteiger partial charge in [-0.05, 0) is 19.8 Å². The largest absolute Gasteiger partial charge is 0.393 e. The highest BCUT2D eigenvalue weighted by molar-refractivity contribution is 5.82. The third-order valence-corrected chi connectivity index (χ3v) is 3.94. The van der Waals surface area contributed by atoms with E-state index in [1.807, 2.05) is 4.90 Å². The van der Waals surface area contributed by atoms with E-state index >= 15 is 0 Å². The normalized spacial score (nSPS) is 35.2. The van der Waals surface area contributed by atoms with Crippen molar-refractivity contribution in [2.75, 3.05) is 26.7 Å². The smallest absolute Gasteiger partial charge is 0.239 e. The number of nitrogens with zero attached hydrogens (tertiary/aromatic N) is 1. The lowest BCUT2D eigenvalue weighted by Gasteiger charge is -2.21. The first-order chi connectivity index (χ1) is 8.11. The minimum absolute atomic E-state index is 0.104. The van der Waals surface area contributed by atoms with Crippen LogP contribution in [0.3, 0.4) is 0 Å². The van der Waals surface area contributed by atoms with Gasteiger partial charge in [0.2, 0.25) is 5.91 Å². The van der Waals surface area contributed by atoms with Crippen LogP contribution < -0.4 is 5.32 Å². The summed E-state index contributed by atoms with van der Waals surface area (Å²) < 4.78 is 5.24. The highest BCUT2D eigenvalue weighted by Crippen LogP contribution is 2.22. The standard InChI is InChI=1S/C12H22N2O3/c1-8(15)9-3-4-14(7-9)12(16)11-5-10(17-2)6-13-11/h8-11,13,15H,3-7H2,1-2H3. The lowest BCUT2D eigenvalue weighted by atomic mass is 10.0. The molecule has 0 aliphatic carbocycles. The average molecular weight is 242 g/mol. The monoisotopic (exact) mass is 242 g/mol. The van der Waals surface area contributed by atoms with Crippen LogP contribution in [0.15, 0.2) is 0 Å². The van der Waals surface area contributed by atoms with Crippen molar-refractivity contribution in [1.29, 1.82) is 0 Å². The summed E-state index contributed by atoms with van der Waals surface area (Å²) in [6.45, 7) is 4.00. The summed E-state index contributed by atoms with van der Waals surface area (Å²) in [6.07, 6.45) is 1.49. The molecular weight excluding hydrogens is 220 g/mol. The van der Waals surface area contributed by atoms with Crippen molar-refractivity contribution in [3.05, 3.63) is 0 Å². The summed E-state index contributed by atoms with van der Waals surface area (Å²) >= 11 is 0. The molecule has 0 radical (unpaired) electrons. The molecule has 0 saturated carbocycles. The van der Waals surface area contributed by atoms with E-state index in [0.29, 0.717) is 6.54 Å². The molecule has 5 heteroatoms. The Bertz CT molecular complexity index is 283. The molecule has 2 saturated heterocycles. The second-order valence-electron chi connectivity index (χ2n) is 5.13. The molecule has 1 amide bonds. The minimum Gasteiger partial charge on any atom is -0.393 e. The van der Waals surface area contributed by atoms with Crippen LogP contribution in [0.2, 0.25) is 0 Å². The van der Waals surface area contributed by atoms with E-state index in [9.17, 15) is 9.90 Å². The van der Waals surface area contributed by atoms with Crippen LogP contribution in [0.25, 0.3) is 0 Å². The number of aliphatic hydroxyl groups is 1. The average Bonchev–Trinajstić information content (AvgIpc) is 2.97. The van der Waals surface area contributed by atoms with Gasteiger partial charge in [0.05, 0.1) is 18.2 Å². The van der Waals surface area contributed by atoms with Crippen molar-refractivity contribution in [3.8, 4) is 0 Å². The van der Waals surface area contributed by atoms with E-state index in [0.717, 1.165) is 25.9 Å². The van der Waals surface area contributed by atoms with Crippen molar-refractivity contribution in [1.82, 2.24) is 10.2 Å². The van der Waals surface area contributed by atoms with E-state index in [1.165, 1.54) is 0 Å². The lowest BCUT2D eigenvalue weighted by Crippen LogP contribution is -2.42. The van der Waals surface area contributed by atoms with Gasteiger partial charge in [0, 0.05) is 32.7 Å². The Morgan fingerprint density at radius 2 is 2.35 bits per heavy atom. The molecule has 4 atom stereocenters. The molecule has 98 valence electrons. The van der Waals surface area contributed by atoms with Crippen LogP contribution in [-0.4, -0.2) is 60.9 Å². The number of hydrogen-bond acceptors (Lipinski definition) is 4. The second kappa shape index (κ2) is 5.33. The Kier molecular flexibility index (Phi) is 4.01. The quantitative estimate of drug-likeness (QED) is 0.706. The maximum absolute atomic E-state index is 12.2. The van der Waals surface area contributed by atoms with Gasteiger partial charge < -0.3 is 20.1 Å². The van der Waals surface area contributed by atoms with Gasteiger partial charge in [0.25, 0.3) is 0 Å². The molecule has 0 bridgehead atoms. The van der Waals surface area contributed by atoms with Crippen LogP contribution in [0.1, 0.15) is 19.8 Å². The lowest BCUT2D eigenvalue weighted by molar-refractivity contribution is -0.132. The van der Waals surface area contributed by atoms with Gasteiger partial charge in [-0.15, -0.1) is 0 Å². The fraction of sp³-hybridized carbons (Fsp3) is 0.917. The van der Waals surface area contributed by atoms with Crippen LogP contribution >= 0.6 is 0 Å². The summed E-state index contributed by atoms with van der Waals surface area (Å²) in [5.41, 5.74) is 0. The SMILES string of the molecule is COC1CNC(C(=O)N2CCC(C(C)O)C2)C1. The van der Waals surface area contributed by atoms with E-state index in [-0.39, 0.29) is 30.1 Å². The van der Waals surface area contributed by atoms with Gasteiger partial charge in [-0.25, -0.2) is 0 Å². The Labute approximate surface area is 102 Å². The van der Waals surface area contributed by atoms with Crippen LogP contribution in [0.4, 0.5) is 0 Å². The number of likely N-dealkylation sites (tertiary alicyclic amines) is 1. The van der Waals surface area contributed by atoms with Gasteiger partial charge in [-0.2, -0.15) is 0 Å². The Balaban J connectivity index is 1.85. The third-order valence-electron chi connectivity index (χ3n) is 3.94. The zero-order chi connectivity index (χ0) is 12.4. The number of hydrogen-bond donors (Lipinski definition) is 2. The topological polar surface area (TPSA) is 61.8 Å². The van der Waals surface area contributed by atoms with Gasteiger partial charge in [-0.1, -0.05) is 0 Å². The predicted molar refractivity (Wildman–Crippen MR) is 63.6 cm³/mol. The molecule has 2 rings (SSSR count). The number of amides is 1. The molecule has 17 heavy (non-hydrogen) atoms. The molecule has 2 N–H and O–H groups in total. The molecule has 0 aromatic rings. The molecule has 2 fully saturated rings. The Hall–Kier alpha value is -0.650. The van der Waals surface area contributed by atoms with E-state index in [2.05, 4.69) is 5.32 Å².